The highest BCUT2D eigenvalue weighted by atomic mass is 16.5. The van der Waals surface area contributed by atoms with Crippen LogP contribution >= 0.6 is 0 Å². The number of hydrogen-bond donors (Lipinski definition) is 4. The molecule has 9 nitrogen and oxygen atoms in total. The van der Waals surface area contributed by atoms with Crippen molar-refractivity contribution in [2.75, 3.05) is 52.4 Å². The van der Waals surface area contributed by atoms with Gasteiger partial charge in [-0.25, -0.2) is 0 Å². The fourth-order valence-corrected chi connectivity index (χ4v) is 8.09. The van der Waals surface area contributed by atoms with Gasteiger partial charge in [-0.1, -0.05) is 149 Å². The van der Waals surface area contributed by atoms with E-state index >= 15 is 0 Å². The molecule has 0 heterocycles. The first-order valence-corrected chi connectivity index (χ1v) is 24.8. The molecular formula is C55H82N6O3. The summed E-state index contributed by atoms with van der Waals surface area (Å²) in [5.74, 6) is 0.532. The van der Waals surface area contributed by atoms with Gasteiger partial charge in [0.05, 0.1) is 0 Å². The van der Waals surface area contributed by atoms with E-state index in [0.717, 1.165) is 88.4 Å². The monoisotopic (exact) mass is 875 g/mol. The first-order valence-electron chi connectivity index (χ1n) is 24.8. The molecule has 0 aromatic heterocycles. The molecule has 0 unspecified atom stereocenters. The molecule has 0 fully saturated rings. The van der Waals surface area contributed by atoms with E-state index in [1.807, 2.05) is 61.5 Å². The van der Waals surface area contributed by atoms with Gasteiger partial charge in [-0.05, 0) is 132 Å². The van der Waals surface area contributed by atoms with Gasteiger partial charge in [0.15, 0.2) is 0 Å². The zero-order valence-corrected chi connectivity index (χ0v) is 39.3. The average Bonchev–Trinajstić information content (AvgIpc) is 3.32. The molecule has 0 bridgehead atoms. The van der Waals surface area contributed by atoms with Crippen LogP contribution in [0.2, 0.25) is 0 Å². The molecule has 0 aliphatic heterocycles. The summed E-state index contributed by atoms with van der Waals surface area (Å²) in [7, 11) is 0. The van der Waals surface area contributed by atoms with Crippen molar-refractivity contribution < 1.29 is 14.3 Å². The van der Waals surface area contributed by atoms with Crippen LogP contribution in [0.4, 0.5) is 0 Å². The molecule has 350 valence electrons. The highest BCUT2D eigenvalue weighted by Crippen LogP contribution is 2.17. The fraction of sp³-hybridized carbons (Fsp3) is 0.527. The molecule has 0 saturated carbocycles. The number of nitrogens with zero attached hydrogens (tertiary/aromatic N) is 2. The summed E-state index contributed by atoms with van der Waals surface area (Å²) in [6.07, 6.45) is 17.2. The molecule has 0 aliphatic carbocycles. The second-order valence-electron chi connectivity index (χ2n) is 17.4. The second-order valence-corrected chi connectivity index (χ2v) is 17.4. The van der Waals surface area contributed by atoms with Gasteiger partial charge < -0.3 is 26.4 Å². The summed E-state index contributed by atoms with van der Waals surface area (Å²) in [6, 6.07) is 39.1. The number of carbonyl (C=O) groups excluding carboxylic acids is 2. The lowest BCUT2D eigenvalue weighted by Crippen LogP contribution is -2.48. The van der Waals surface area contributed by atoms with Crippen molar-refractivity contribution in [1.29, 1.82) is 0 Å². The van der Waals surface area contributed by atoms with Gasteiger partial charge in [0.1, 0.15) is 18.4 Å². The van der Waals surface area contributed by atoms with Gasteiger partial charge in [-0.15, -0.1) is 0 Å². The molecule has 1 atom stereocenters. The van der Waals surface area contributed by atoms with Crippen molar-refractivity contribution in [3.8, 4) is 5.75 Å². The molecule has 4 rings (SSSR count). The van der Waals surface area contributed by atoms with Crippen LogP contribution in [0.15, 0.2) is 115 Å². The Kier molecular flexibility index (Phi) is 27.6. The lowest BCUT2D eigenvalue weighted by molar-refractivity contribution is -0.129. The number of ether oxygens (including phenoxy) is 1. The van der Waals surface area contributed by atoms with E-state index in [2.05, 4.69) is 86.4 Å². The van der Waals surface area contributed by atoms with Crippen molar-refractivity contribution in [3.63, 3.8) is 0 Å². The normalized spacial score (nSPS) is 11.8. The Morgan fingerprint density at radius 3 is 1.55 bits per heavy atom. The summed E-state index contributed by atoms with van der Waals surface area (Å²) in [5, 5.41) is 9.60. The molecule has 4 aromatic rings. The van der Waals surface area contributed by atoms with Crippen LogP contribution < -0.4 is 26.4 Å². The van der Waals surface area contributed by atoms with Crippen molar-refractivity contribution in [2.24, 2.45) is 5.73 Å². The molecule has 0 radical (unpaired) electrons. The van der Waals surface area contributed by atoms with Gasteiger partial charge in [-0.3, -0.25) is 19.4 Å². The van der Waals surface area contributed by atoms with Crippen LogP contribution in [-0.4, -0.2) is 80.0 Å². The fourth-order valence-electron chi connectivity index (χ4n) is 8.09. The molecular weight excluding hydrogens is 793 g/mol. The van der Waals surface area contributed by atoms with Crippen LogP contribution in [-0.2, 0) is 35.7 Å². The Hall–Kier alpha value is -4.54. The third-order valence-electron chi connectivity index (χ3n) is 11.8. The molecule has 2 amide bonds. The minimum atomic E-state index is -0.620. The van der Waals surface area contributed by atoms with Crippen molar-refractivity contribution in [1.82, 2.24) is 25.8 Å². The number of unbranched alkanes of at least 4 members (excludes halogenated alkanes) is 9. The summed E-state index contributed by atoms with van der Waals surface area (Å²) in [6.45, 7) is 12.4. The summed E-state index contributed by atoms with van der Waals surface area (Å²) >= 11 is 0. The first-order chi connectivity index (χ1) is 31.5. The van der Waals surface area contributed by atoms with E-state index in [4.69, 9.17) is 10.5 Å². The Morgan fingerprint density at radius 1 is 0.547 bits per heavy atom. The Bertz CT molecular complexity index is 1740. The number of amides is 2. The van der Waals surface area contributed by atoms with E-state index in [1.165, 1.54) is 88.4 Å². The molecule has 0 aliphatic rings. The highest BCUT2D eigenvalue weighted by molar-refractivity contribution is 5.87. The Morgan fingerprint density at radius 2 is 1.03 bits per heavy atom. The molecule has 0 saturated heterocycles. The van der Waals surface area contributed by atoms with Crippen LogP contribution in [0, 0.1) is 0 Å². The summed E-state index contributed by atoms with van der Waals surface area (Å²) in [4.78, 5) is 31.1. The number of nitrogens with two attached hydrogens (primary N) is 1. The number of benzene rings is 4. The molecule has 4 aromatic carbocycles. The summed E-state index contributed by atoms with van der Waals surface area (Å²) < 4.78 is 5.93. The smallest absolute Gasteiger partial charge is 0.242 e. The van der Waals surface area contributed by atoms with Gasteiger partial charge in [0.2, 0.25) is 11.8 Å². The maximum absolute atomic E-state index is 13.2. The van der Waals surface area contributed by atoms with E-state index in [-0.39, 0.29) is 11.8 Å². The average molecular weight is 875 g/mol. The lowest BCUT2D eigenvalue weighted by atomic mass is 10.0. The van der Waals surface area contributed by atoms with Gasteiger partial charge in [0, 0.05) is 32.5 Å². The SMILES string of the molecule is CCCC(=O)N[C@@H](Cc1ccc(OCc2ccccc2)cc1)C(=O)NCCCNCCCCCCN(CCCCCCN(CCCCCCN)Cc1ccccc1)Cc1ccccc1. The molecule has 64 heavy (non-hydrogen) atoms. The number of nitrogens with one attached hydrogen (secondary N) is 3. The second kappa shape index (κ2) is 33.9. The predicted molar refractivity (Wildman–Crippen MR) is 266 cm³/mol. The van der Waals surface area contributed by atoms with Crippen molar-refractivity contribution in [3.05, 3.63) is 138 Å². The lowest BCUT2D eigenvalue weighted by Gasteiger charge is -2.24. The van der Waals surface area contributed by atoms with Crippen molar-refractivity contribution in [2.45, 2.75) is 135 Å². The maximum atomic E-state index is 13.2. The van der Waals surface area contributed by atoms with Crippen molar-refractivity contribution >= 4 is 11.8 Å². The quantitative estimate of drug-likeness (QED) is 0.0334. The Labute approximate surface area is 387 Å². The van der Waals surface area contributed by atoms with Crippen LogP contribution in [0.5, 0.6) is 5.75 Å². The third kappa shape index (κ3) is 23.9. The zero-order valence-electron chi connectivity index (χ0n) is 39.3. The maximum Gasteiger partial charge on any atom is 0.242 e. The predicted octanol–water partition coefficient (Wildman–Crippen LogP) is 9.83. The van der Waals surface area contributed by atoms with E-state index in [1.54, 1.807) is 0 Å². The minimum absolute atomic E-state index is 0.0972. The first kappa shape index (κ1) is 52.1. The number of hydrogen-bond acceptors (Lipinski definition) is 7. The van der Waals surface area contributed by atoms with Crippen LogP contribution in [0.25, 0.3) is 0 Å². The van der Waals surface area contributed by atoms with Gasteiger partial charge in [0.25, 0.3) is 0 Å². The molecule has 5 N–H and O–H groups in total. The highest BCUT2D eigenvalue weighted by Gasteiger charge is 2.21. The minimum Gasteiger partial charge on any atom is -0.489 e. The van der Waals surface area contributed by atoms with Crippen LogP contribution in [0.3, 0.4) is 0 Å². The van der Waals surface area contributed by atoms with E-state index in [9.17, 15) is 9.59 Å². The molecule has 0 spiro atoms. The number of carbonyl (C=O) groups is 2. The summed E-state index contributed by atoms with van der Waals surface area (Å²) in [5.41, 5.74) is 10.6. The van der Waals surface area contributed by atoms with Crippen LogP contribution in [0.1, 0.15) is 125 Å². The zero-order chi connectivity index (χ0) is 45.1. The third-order valence-corrected chi connectivity index (χ3v) is 11.8. The van der Waals surface area contributed by atoms with Gasteiger partial charge >= 0.3 is 0 Å². The molecule has 9 heteroatoms. The standard InChI is InChI=1S/C55H82N6O3/c1-2-25-54(62)59-53(44-48-32-34-52(35-33-48)64-47-51-30-16-11-17-31-51)55(63)58-39-24-38-57-37-19-4-6-21-41-61(46-50-28-14-10-15-29-50)43-23-8-7-22-42-60(40-20-5-3-18-36-56)45-49-26-12-9-13-27-49/h9-17,26-35,53,57H,2-8,18-25,36-47,56H2,1H3,(H,58,63)(H,59,62)/t53-/m0/s1. The Balaban J connectivity index is 1.07. The topological polar surface area (TPSA) is 112 Å². The van der Waals surface area contributed by atoms with E-state index in [0.29, 0.717) is 26.0 Å². The number of rotatable bonds is 37. The van der Waals surface area contributed by atoms with Gasteiger partial charge in [-0.2, -0.15) is 0 Å². The van der Waals surface area contributed by atoms with E-state index < -0.39 is 6.04 Å². The largest absolute Gasteiger partial charge is 0.489 e.